The fourth-order valence-corrected chi connectivity index (χ4v) is 10.6. The van der Waals surface area contributed by atoms with Crippen LogP contribution in [0.15, 0.2) is 42.6 Å². The summed E-state index contributed by atoms with van der Waals surface area (Å²) >= 11 is 0. The Morgan fingerprint density at radius 1 is 1.00 bits per heavy atom. The second-order valence-electron chi connectivity index (χ2n) is 8.93. The van der Waals surface area contributed by atoms with E-state index in [4.69, 9.17) is 0 Å². The molecule has 1 saturated carbocycles. The van der Waals surface area contributed by atoms with E-state index < -0.39 is 8.22 Å². The van der Waals surface area contributed by atoms with Crippen molar-refractivity contribution >= 4 is 21.8 Å². The van der Waals surface area contributed by atoms with Crippen molar-refractivity contribution in [1.82, 2.24) is 14.2 Å². The molecule has 0 bridgehead atoms. The van der Waals surface area contributed by atoms with Crippen LogP contribution in [0, 0.1) is 0 Å². The van der Waals surface area contributed by atoms with Crippen LogP contribution in [0.2, 0.25) is 0 Å². The minimum absolute atomic E-state index is 0.366. The molecule has 1 fully saturated rings. The normalized spacial score (nSPS) is 16.9. The van der Waals surface area contributed by atoms with Gasteiger partial charge >= 0.3 is 0 Å². The topological polar surface area (TPSA) is 18.5 Å². The van der Waals surface area contributed by atoms with Crippen LogP contribution in [0.5, 0.6) is 0 Å². The molecule has 0 aromatic heterocycles. The number of rotatable bonds is 15. The van der Waals surface area contributed by atoms with Crippen LogP contribution in [-0.4, -0.2) is 34.9 Å². The quantitative estimate of drug-likeness (QED) is 0.210. The Balaban J connectivity index is 2.30. The first-order valence-electron chi connectivity index (χ1n) is 12.6. The van der Waals surface area contributed by atoms with Crippen molar-refractivity contribution in [1.29, 1.82) is 0 Å². The van der Waals surface area contributed by atoms with Gasteiger partial charge in [0.05, 0.1) is 0 Å². The molecule has 2 atom stereocenters. The number of allylic oxidation sites excluding steroid dienone is 1. The lowest BCUT2D eigenvalue weighted by Gasteiger charge is -2.45. The summed E-state index contributed by atoms with van der Waals surface area (Å²) in [5.74, 6) is 0. The van der Waals surface area contributed by atoms with Crippen LogP contribution >= 0.6 is 16.4 Å². The van der Waals surface area contributed by atoms with E-state index >= 15 is 0 Å². The third-order valence-electron chi connectivity index (χ3n) is 6.19. The van der Waals surface area contributed by atoms with Crippen LogP contribution < -0.4 is 10.4 Å². The molecule has 1 N–H and O–H groups in total. The van der Waals surface area contributed by atoms with E-state index in [1.54, 1.807) is 0 Å². The molecule has 1 aromatic rings. The molecular formula is C26H47N3P2. The molecule has 0 radical (unpaired) electrons. The van der Waals surface area contributed by atoms with Crippen LogP contribution in [0.3, 0.4) is 0 Å². The maximum atomic E-state index is 4.42. The third-order valence-corrected chi connectivity index (χ3v) is 12.0. The van der Waals surface area contributed by atoms with Gasteiger partial charge in [-0.1, -0.05) is 95.7 Å². The average Bonchev–Trinajstić information content (AvgIpc) is 2.79. The minimum atomic E-state index is -0.592. The zero-order valence-corrected chi connectivity index (χ0v) is 22.4. The Morgan fingerprint density at radius 2 is 1.65 bits per heavy atom. The van der Waals surface area contributed by atoms with E-state index in [0.29, 0.717) is 0 Å². The van der Waals surface area contributed by atoms with Crippen molar-refractivity contribution in [2.75, 3.05) is 20.1 Å². The summed E-state index contributed by atoms with van der Waals surface area (Å²) in [5.41, 5.74) is 2.02. The lowest BCUT2D eigenvalue weighted by Crippen LogP contribution is -2.35. The number of nitrogens with zero attached hydrogens (tertiary/aromatic N) is 2. The summed E-state index contributed by atoms with van der Waals surface area (Å²) < 4.78 is 5.40. The zero-order chi connectivity index (χ0) is 22.5. The van der Waals surface area contributed by atoms with Gasteiger partial charge in [0.2, 0.25) is 0 Å². The summed E-state index contributed by atoms with van der Waals surface area (Å²) in [6, 6.07) is 11.2. The molecule has 0 spiro atoms. The van der Waals surface area contributed by atoms with Crippen molar-refractivity contribution in [3.8, 4) is 0 Å². The van der Waals surface area contributed by atoms with Gasteiger partial charge in [-0.15, -0.1) is 0 Å². The molecule has 1 aromatic carbocycles. The highest BCUT2D eigenvalue weighted by Gasteiger charge is 2.34. The molecule has 3 nitrogen and oxygen atoms in total. The van der Waals surface area contributed by atoms with Gasteiger partial charge in [-0.2, -0.15) is 0 Å². The van der Waals surface area contributed by atoms with E-state index in [1.165, 1.54) is 81.6 Å². The van der Waals surface area contributed by atoms with E-state index in [9.17, 15) is 0 Å². The van der Waals surface area contributed by atoms with E-state index in [2.05, 4.69) is 78.9 Å². The Bertz CT molecular complexity index is 604. The minimum Gasteiger partial charge on any atom is -0.339 e. The molecule has 31 heavy (non-hydrogen) atoms. The molecule has 1 aliphatic carbocycles. The molecule has 0 heterocycles. The van der Waals surface area contributed by atoms with Gasteiger partial charge in [-0.05, 0) is 39.7 Å². The van der Waals surface area contributed by atoms with Crippen molar-refractivity contribution in [2.24, 2.45) is 0 Å². The van der Waals surface area contributed by atoms with Gasteiger partial charge in [0.25, 0.3) is 0 Å². The molecule has 0 amide bonds. The Kier molecular flexibility index (Phi) is 13.3. The smallest absolute Gasteiger partial charge is 0.105 e. The van der Waals surface area contributed by atoms with Crippen LogP contribution in [-0.2, 0) is 0 Å². The zero-order valence-electron chi connectivity index (χ0n) is 20.7. The summed E-state index contributed by atoms with van der Waals surface area (Å²) in [5, 5.41) is 5.54. The molecule has 5 heteroatoms. The second-order valence-corrected chi connectivity index (χ2v) is 13.8. The Labute approximate surface area is 195 Å². The molecular weight excluding hydrogens is 416 g/mol. The number of unbranched alkanes of at least 4 members (excludes halogenated alkanes) is 4. The van der Waals surface area contributed by atoms with Gasteiger partial charge in [0, 0.05) is 38.0 Å². The highest BCUT2D eigenvalue weighted by Crippen LogP contribution is 2.59. The monoisotopic (exact) mass is 463 g/mol. The Morgan fingerprint density at radius 3 is 2.26 bits per heavy atom. The standard InChI is InChI=1S/C26H47N3P2/c1-6-8-16-22-27-30(25-18-12-10-13-19-25)28(5)31(26-20-14-11-15-21-26)29(24(3)4)23-17-9-7-2/h11,14-15,20-21,25,27H,3,6-10,12-13,16-19,22-23H2,1-2,4-5H3. The third kappa shape index (κ3) is 8.77. The van der Waals surface area contributed by atoms with Crippen LogP contribution in [0.4, 0.5) is 0 Å². The molecule has 2 unspecified atom stereocenters. The van der Waals surface area contributed by atoms with Gasteiger partial charge in [0.1, 0.15) is 8.22 Å². The predicted molar refractivity (Wildman–Crippen MR) is 143 cm³/mol. The van der Waals surface area contributed by atoms with Crippen LogP contribution in [0.25, 0.3) is 0 Å². The molecule has 1 aliphatic rings. The first-order chi connectivity index (χ1) is 15.1. The fourth-order valence-electron chi connectivity index (χ4n) is 4.44. The van der Waals surface area contributed by atoms with Crippen molar-refractivity contribution in [3.63, 3.8) is 0 Å². The second kappa shape index (κ2) is 15.4. The summed E-state index contributed by atoms with van der Waals surface area (Å²) in [6.45, 7) is 13.5. The molecule has 2 rings (SSSR count). The number of benzene rings is 1. The predicted octanol–water partition coefficient (Wildman–Crippen LogP) is 8.01. The lowest BCUT2D eigenvalue weighted by atomic mass is 10.0. The van der Waals surface area contributed by atoms with Crippen molar-refractivity contribution < 1.29 is 0 Å². The average molecular weight is 464 g/mol. The number of nitrogens with one attached hydrogen (secondary N) is 1. The van der Waals surface area contributed by atoms with Gasteiger partial charge in [0.15, 0.2) is 0 Å². The lowest BCUT2D eigenvalue weighted by molar-refractivity contribution is 0.489. The van der Waals surface area contributed by atoms with Gasteiger partial charge < -0.3 is 4.67 Å². The fraction of sp³-hybridized carbons (Fsp3) is 0.692. The molecule has 0 saturated heterocycles. The van der Waals surface area contributed by atoms with E-state index in [-0.39, 0.29) is 8.22 Å². The summed E-state index contributed by atoms with van der Waals surface area (Å²) in [6.07, 6.45) is 14.7. The number of hydrogen-bond donors (Lipinski definition) is 1. The van der Waals surface area contributed by atoms with Gasteiger partial charge in [-0.25, -0.2) is 4.44 Å². The summed E-state index contributed by atoms with van der Waals surface area (Å²) in [4.78, 5) is 0. The van der Waals surface area contributed by atoms with Crippen LogP contribution in [0.1, 0.15) is 91.4 Å². The van der Waals surface area contributed by atoms with Crippen molar-refractivity contribution in [3.05, 3.63) is 42.6 Å². The van der Waals surface area contributed by atoms with E-state index in [1.807, 2.05) is 0 Å². The maximum absolute atomic E-state index is 4.42. The van der Waals surface area contributed by atoms with E-state index in [0.717, 1.165) is 18.7 Å². The maximum Gasteiger partial charge on any atom is 0.105 e. The first-order valence-corrected chi connectivity index (χ1v) is 15.3. The highest BCUT2D eigenvalue weighted by atomic mass is 31.2. The largest absolute Gasteiger partial charge is 0.339 e. The molecule has 0 aliphatic heterocycles. The summed E-state index contributed by atoms with van der Waals surface area (Å²) in [7, 11) is 1.45. The SMILES string of the molecule is C=C(C)N(CCCCC)P(c1ccccc1)N(C)P(NCCCCC)C1CCCCC1. The first kappa shape index (κ1) is 26.8. The highest BCUT2D eigenvalue weighted by molar-refractivity contribution is 7.72. The number of hydrogen-bond acceptors (Lipinski definition) is 3. The van der Waals surface area contributed by atoms with Crippen molar-refractivity contribution in [2.45, 2.75) is 97.1 Å². The van der Waals surface area contributed by atoms with Gasteiger partial charge in [-0.3, -0.25) is 5.09 Å². The Hall–Kier alpha value is -0.460. The molecule has 176 valence electrons.